The Morgan fingerprint density at radius 2 is 2.45 bits per heavy atom. The SMILES string of the molecule is COC(=O)C=NCCNC=O. The highest BCUT2D eigenvalue weighted by Crippen LogP contribution is 1.69. The number of rotatable bonds is 5. The molecule has 0 unspecified atom stereocenters. The zero-order valence-corrected chi connectivity index (χ0v) is 6.24. The average molecular weight is 158 g/mol. The molecule has 0 spiro atoms. The Morgan fingerprint density at radius 1 is 1.73 bits per heavy atom. The van der Waals surface area contributed by atoms with E-state index >= 15 is 0 Å². The van der Waals surface area contributed by atoms with Crippen LogP contribution in [0.2, 0.25) is 0 Å². The zero-order valence-electron chi connectivity index (χ0n) is 6.24. The van der Waals surface area contributed by atoms with Crippen molar-refractivity contribution in [2.24, 2.45) is 4.99 Å². The summed E-state index contributed by atoms with van der Waals surface area (Å²) < 4.78 is 4.28. The molecule has 62 valence electrons. The molecular formula is C6H10N2O3. The van der Waals surface area contributed by atoms with E-state index in [0.717, 1.165) is 6.21 Å². The second-order valence-electron chi connectivity index (χ2n) is 1.63. The summed E-state index contributed by atoms with van der Waals surface area (Å²) in [6, 6.07) is 0. The summed E-state index contributed by atoms with van der Waals surface area (Å²) >= 11 is 0. The molecule has 5 heteroatoms. The second-order valence-corrected chi connectivity index (χ2v) is 1.63. The number of ether oxygens (including phenoxy) is 1. The van der Waals surface area contributed by atoms with Crippen molar-refractivity contribution in [1.82, 2.24) is 5.32 Å². The molecule has 0 heterocycles. The molecule has 1 N–H and O–H groups in total. The van der Waals surface area contributed by atoms with Crippen LogP contribution in [-0.4, -0.2) is 38.8 Å². The maximum atomic E-state index is 10.4. The molecule has 5 nitrogen and oxygen atoms in total. The summed E-state index contributed by atoms with van der Waals surface area (Å²) in [5.74, 6) is -0.490. The number of aliphatic imine (C=N–C) groups is 1. The third-order valence-electron chi connectivity index (χ3n) is 0.866. The van der Waals surface area contributed by atoms with Gasteiger partial charge in [0.05, 0.1) is 13.7 Å². The molecule has 0 saturated heterocycles. The van der Waals surface area contributed by atoms with E-state index in [9.17, 15) is 9.59 Å². The first-order valence-corrected chi connectivity index (χ1v) is 3.06. The van der Waals surface area contributed by atoms with Crippen LogP contribution in [0.1, 0.15) is 0 Å². The molecule has 0 radical (unpaired) electrons. The number of carbonyl (C=O) groups is 2. The van der Waals surface area contributed by atoms with Crippen molar-refractivity contribution in [1.29, 1.82) is 0 Å². The third kappa shape index (κ3) is 6.50. The first-order chi connectivity index (χ1) is 5.31. The number of hydrogen-bond acceptors (Lipinski definition) is 4. The smallest absolute Gasteiger partial charge is 0.348 e. The molecule has 0 aromatic heterocycles. The van der Waals surface area contributed by atoms with Gasteiger partial charge in [-0.1, -0.05) is 0 Å². The van der Waals surface area contributed by atoms with E-state index in [1.165, 1.54) is 7.11 Å². The van der Waals surface area contributed by atoms with E-state index in [2.05, 4.69) is 15.0 Å². The molecule has 1 amide bonds. The van der Waals surface area contributed by atoms with E-state index in [1.54, 1.807) is 0 Å². The molecule has 0 saturated carbocycles. The van der Waals surface area contributed by atoms with E-state index in [1.807, 2.05) is 0 Å². The van der Waals surface area contributed by atoms with Crippen molar-refractivity contribution < 1.29 is 14.3 Å². The van der Waals surface area contributed by atoms with Crippen LogP contribution in [0, 0.1) is 0 Å². The molecule has 0 aromatic rings. The summed E-state index contributed by atoms with van der Waals surface area (Å²) in [5, 5.41) is 2.39. The minimum absolute atomic E-state index is 0.383. The van der Waals surface area contributed by atoms with E-state index in [4.69, 9.17) is 0 Å². The van der Waals surface area contributed by atoms with Gasteiger partial charge in [0, 0.05) is 6.54 Å². The van der Waals surface area contributed by atoms with Crippen LogP contribution < -0.4 is 5.32 Å². The fourth-order valence-electron chi connectivity index (χ4n) is 0.380. The Balaban J connectivity index is 3.29. The van der Waals surface area contributed by atoms with Crippen LogP contribution in [-0.2, 0) is 14.3 Å². The maximum Gasteiger partial charge on any atom is 0.348 e. The lowest BCUT2D eigenvalue weighted by Gasteiger charge is -1.91. The standard InChI is InChI=1S/C6H10N2O3/c1-11-6(10)4-7-2-3-8-5-9/h4-5H,2-3H2,1H3,(H,8,9). The van der Waals surface area contributed by atoms with Crippen LogP contribution in [0.5, 0.6) is 0 Å². The topological polar surface area (TPSA) is 67.8 Å². The van der Waals surface area contributed by atoms with Crippen LogP contribution in [0.4, 0.5) is 0 Å². The molecule has 0 aliphatic rings. The largest absolute Gasteiger partial charge is 0.465 e. The molecular weight excluding hydrogens is 148 g/mol. The molecule has 0 atom stereocenters. The molecule has 0 bridgehead atoms. The number of nitrogens with zero attached hydrogens (tertiary/aromatic N) is 1. The van der Waals surface area contributed by atoms with Gasteiger partial charge in [-0.05, 0) is 0 Å². The van der Waals surface area contributed by atoms with Gasteiger partial charge in [-0.2, -0.15) is 0 Å². The lowest BCUT2D eigenvalue weighted by molar-refractivity contribution is -0.132. The third-order valence-corrected chi connectivity index (χ3v) is 0.866. The van der Waals surface area contributed by atoms with Gasteiger partial charge in [0.2, 0.25) is 6.41 Å². The van der Waals surface area contributed by atoms with Gasteiger partial charge in [0.25, 0.3) is 0 Å². The monoisotopic (exact) mass is 158 g/mol. The minimum Gasteiger partial charge on any atom is -0.465 e. The van der Waals surface area contributed by atoms with Crippen LogP contribution in [0.15, 0.2) is 4.99 Å². The van der Waals surface area contributed by atoms with Crippen molar-refractivity contribution in [2.45, 2.75) is 0 Å². The van der Waals surface area contributed by atoms with Crippen molar-refractivity contribution in [3.63, 3.8) is 0 Å². The highest BCUT2D eigenvalue weighted by Gasteiger charge is 1.89. The van der Waals surface area contributed by atoms with Gasteiger partial charge < -0.3 is 10.1 Å². The maximum absolute atomic E-state index is 10.4. The first-order valence-electron chi connectivity index (χ1n) is 3.06. The Bertz CT molecular complexity index is 156. The Hall–Kier alpha value is -1.39. The predicted molar refractivity (Wildman–Crippen MR) is 39.4 cm³/mol. The van der Waals surface area contributed by atoms with Crippen LogP contribution in [0.25, 0.3) is 0 Å². The van der Waals surface area contributed by atoms with Gasteiger partial charge in [0.1, 0.15) is 6.21 Å². The summed E-state index contributed by atoms with van der Waals surface area (Å²) in [6.45, 7) is 0.810. The normalized spacial score (nSPS) is 9.55. The van der Waals surface area contributed by atoms with E-state index in [0.29, 0.717) is 19.5 Å². The fraction of sp³-hybridized carbons (Fsp3) is 0.500. The molecule has 0 aliphatic carbocycles. The minimum atomic E-state index is -0.490. The Kier molecular flexibility index (Phi) is 5.88. The number of nitrogens with one attached hydrogen (secondary N) is 1. The van der Waals surface area contributed by atoms with Gasteiger partial charge in [-0.15, -0.1) is 0 Å². The highest BCUT2D eigenvalue weighted by atomic mass is 16.5. The lowest BCUT2D eigenvalue weighted by atomic mass is 10.6. The summed E-state index contributed by atoms with van der Waals surface area (Å²) in [4.78, 5) is 23.7. The number of esters is 1. The van der Waals surface area contributed by atoms with Crippen LogP contribution >= 0.6 is 0 Å². The zero-order chi connectivity index (χ0) is 8.53. The summed E-state index contributed by atoms with van der Waals surface area (Å²) in [5.41, 5.74) is 0. The highest BCUT2D eigenvalue weighted by molar-refractivity contribution is 6.23. The second kappa shape index (κ2) is 6.73. The number of carbonyl (C=O) groups excluding carboxylic acids is 2. The Morgan fingerprint density at radius 3 is 3.00 bits per heavy atom. The average Bonchev–Trinajstić information content (AvgIpc) is 2.04. The van der Waals surface area contributed by atoms with Crippen molar-refractivity contribution in [3.05, 3.63) is 0 Å². The molecule has 0 aromatic carbocycles. The number of methoxy groups -OCH3 is 1. The molecule has 0 rings (SSSR count). The summed E-state index contributed by atoms with van der Waals surface area (Å²) in [6.07, 6.45) is 1.65. The van der Waals surface area contributed by atoms with Crippen molar-refractivity contribution in [3.8, 4) is 0 Å². The number of amides is 1. The molecule has 0 fully saturated rings. The van der Waals surface area contributed by atoms with Crippen molar-refractivity contribution >= 4 is 18.6 Å². The van der Waals surface area contributed by atoms with Crippen molar-refractivity contribution in [2.75, 3.05) is 20.2 Å². The lowest BCUT2D eigenvalue weighted by Crippen LogP contribution is -2.15. The van der Waals surface area contributed by atoms with Gasteiger partial charge in [0.15, 0.2) is 0 Å². The predicted octanol–water partition coefficient (Wildman–Crippen LogP) is -1.02. The van der Waals surface area contributed by atoms with Gasteiger partial charge >= 0.3 is 5.97 Å². The number of hydrogen-bond donors (Lipinski definition) is 1. The molecule has 0 aliphatic heterocycles. The Labute approximate surface area is 64.4 Å². The fourth-order valence-corrected chi connectivity index (χ4v) is 0.380. The first kappa shape index (κ1) is 9.61. The van der Waals surface area contributed by atoms with E-state index in [-0.39, 0.29) is 0 Å². The van der Waals surface area contributed by atoms with Crippen LogP contribution in [0.3, 0.4) is 0 Å². The van der Waals surface area contributed by atoms with Gasteiger partial charge in [-0.25, -0.2) is 4.79 Å². The van der Waals surface area contributed by atoms with Gasteiger partial charge in [-0.3, -0.25) is 9.79 Å². The molecule has 11 heavy (non-hydrogen) atoms. The van der Waals surface area contributed by atoms with E-state index < -0.39 is 5.97 Å². The quantitative estimate of drug-likeness (QED) is 0.241. The summed E-state index contributed by atoms with van der Waals surface area (Å²) in [7, 11) is 1.28.